The Morgan fingerprint density at radius 3 is 2.45 bits per heavy atom. The number of nitrogens with zero attached hydrogens (tertiary/aromatic N) is 1. The molecule has 0 bridgehead atoms. The number of rotatable bonds is 2. The highest BCUT2D eigenvalue weighted by Gasteiger charge is 1.92. The summed E-state index contributed by atoms with van der Waals surface area (Å²) in [7, 11) is 0. The maximum absolute atomic E-state index is 11.7. The van der Waals surface area contributed by atoms with Crippen LogP contribution in [0.15, 0.2) is 29.2 Å². The molecule has 1 rings (SSSR count). The fraction of sp³-hybridized carbons (Fsp3) is 0. The zero-order chi connectivity index (χ0) is 8.10. The third kappa shape index (κ3) is 2.13. The molecule has 2 nitrogen and oxygen atoms in total. The second-order valence-corrected chi connectivity index (χ2v) is 2.67. The van der Waals surface area contributed by atoms with Gasteiger partial charge in [0.25, 0.3) is 0 Å². The van der Waals surface area contributed by atoms with Crippen LogP contribution < -0.4 is 5.54 Å². The zero-order valence-corrected chi connectivity index (χ0v) is 6.36. The smallest absolute Gasteiger partial charge is 0.138 e. The first-order chi connectivity index (χ1) is 5.36. The van der Waals surface area contributed by atoms with Crippen LogP contribution in [-0.4, -0.2) is 0 Å². The number of thioether (sulfide) groups is 1. The van der Waals surface area contributed by atoms with Crippen LogP contribution in [0, 0.1) is 10.7 Å². The van der Waals surface area contributed by atoms with E-state index in [0.717, 1.165) is 16.7 Å². The summed E-state index contributed by atoms with van der Waals surface area (Å²) >= 11 is 1.05. The molecule has 0 aliphatic carbocycles. The lowest BCUT2D eigenvalue weighted by Gasteiger charge is -1.95. The summed E-state index contributed by atoms with van der Waals surface area (Å²) in [5.41, 5.74) is 1.90. The zero-order valence-electron chi connectivity index (χ0n) is 5.54. The molecule has 0 aromatic heterocycles. The highest BCUT2D eigenvalue weighted by atomic mass is 32.2. The lowest BCUT2D eigenvalue weighted by molar-refractivity contribution is 0.617. The molecule has 56 valence electrons. The summed E-state index contributed by atoms with van der Waals surface area (Å²) in [6.07, 6.45) is 0. The molecule has 0 unspecified atom stereocenters. The minimum absolute atomic E-state index is 0.396. The summed E-state index contributed by atoms with van der Waals surface area (Å²) in [6.45, 7) is 0. The largest absolute Gasteiger partial charge is 0.225 e. The normalized spacial score (nSPS) is 8.73. The van der Waals surface area contributed by atoms with E-state index in [-0.39, 0.29) is 0 Å². The maximum atomic E-state index is 11.7. The Kier molecular flexibility index (Phi) is 2.75. The molecule has 0 spiro atoms. The van der Waals surface area contributed by atoms with Crippen molar-refractivity contribution >= 4 is 17.4 Å². The fourth-order valence-corrected chi connectivity index (χ4v) is 1.02. The first kappa shape index (κ1) is 7.89. The number of hydrogen-bond acceptors (Lipinski definition) is 3. The van der Waals surface area contributed by atoms with E-state index in [1.165, 1.54) is 5.54 Å². The number of thiocyanates is 1. The van der Waals surface area contributed by atoms with Gasteiger partial charge in [0, 0.05) is 4.90 Å². The molecule has 4 heteroatoms. The second-order valence-electron chi connectivity index (χ2n) is 1.81. The van der Waals surface area contributed by atoms with Crippen LogP contribution in [0.5, 0.6) is 0 Å². The summed E-state index contributed by atoms with van der Waals surface area (Å²) in [4.78, 5) is 0.812. The van der Waals surface area contributed by atoms with Crippen LogP contribution in [0.25, 0.3) is 0 Å². The van der Waals surface area contributed by atoms with Crippen molar-refractivity contribution in [1.82, 2.24) is 0 Å². The topological polar surface area (TPSA) is 35.8 Å². The van der Waals surface area contributed by atoms with Crippen LogP contribution >= 0.6 is 11.8 Å². The molecular weight excluding hydrogens is 163 g/mol. The fourth-order valence-electron chi connectivity index (χ4n) is 0.639. The van der Waals surface area contributed by atoms with Crippen molar-refractivity contribution in [3.05, 3.63) is 24.3 Å². The van der Waals surface area contributed by atoms with Crippen LogP contribution in [-0.2, 0) is 0 Å². The molecule has 0 aliphatic heterocycles. The van der Waals surface area contributed by atoms with Gasteiger partial charge in [-0.05, 0) is 36.0 Å². The molecule has 0 atom stereocenters. The molecule has 0 amide bonds. The van der Waals surface area contributed by atoms with Gasteiger partial charge >= 0.3 is 0 Å². The molecule has 1 aromatic carbocycles. The van der Waals surface area contributed by atoms with Crippen molar-refractivity contribution in [3.8, 4) is 5.40 Å². The minimum atomic E-state index is 0.396. The van der Waals surface area contributed by atoms with Crippen LogP contribution in [0.4, 0.5) is 10.2 Å². The van der Waals surface area contributed by atoms with Crippen molar-refractivity contribution in [3.63, 3.8) is 0 Å². The number of nitriles is 1. The molecule has 0 saturated heterocycles. The highest BCUT2D eigenvalue weighted by molar-refractivity contribution is 8.03. The van der Waals surface area contributed by atoms with Gasteiger partial charge in [0.05, 0.1) is 5.69 Å². The number of anilines is 1. The van der Waals surface area contributed by atoms with Gasteiger partial charge in [-0.25, -0.2) is 5.54 Å². The monoisotopic (exact) mass is 168 g/mol. The molecule has 0 saturated carbocycles. The first-order valence-corrected chi connectivity index (χ1v) is 3.71. The van der Waals surface area contributed by atoms with E-state index in [1.54, 1.807) is 24.3 Å². The Hall–Kier alpha value is -1.21. The van der Waals surface area contributed by atoms with Crippen LogP contribution in [0.1, 0.15) is 0 Å². The summed E-state index contributed by atoms with van der Waals surface area (Å²) < 4.78 is 11.7. The molecule has 0 aliphatic rings. The predicted octanol–water partition coefficient (Wildman–Crippen LogP) is 2.56. The number of benzene rings is 1. The standard InChI is InChI=1S/C7H5FN2S/c8-10-6-1-3-7(4-2-6)11-5-9/h1-4,10H. The highest BCUT2D eigenvalue weighted by Crippen LogP contribution is 2.18. The number of hydrogen-bond donors (Lipinski definition) is 1. The average Bonchev–Trinajstić information content (AvgIpc) is 2.07. The molecule has 0 fully saturated rings. The van der Waals surface area contributed by atoms with Gasteiger partial charge < -0.3 is 0 Å². The van der Waals surface area contributed by atoms with Gasteiger partial charge in [0.1, 0.15) is 5.40 Å². The Labute approximate surface area is 68.0 Å². The Balaban J connectivity index is 2.76. The Morgan fingerprint density at radius 1 is 1.36 bits per heavy atom. The van der Waals surface area contributed by atoms with E-state index in [1.807, 2.05) is 5.40 Å². The SMILES string of the molecule is N#CSc1ccc(NF)cc1. The Morgan fingerprint density at radius 2 is 2.00 bits per heavy atom. The molecule has 1 aromatic rings. The summed E-state index contributed by atoms with van der Waals surface area (Å²) in [6, 6.07) is 6.49. The van der Waals surface area contributed by atoms with Gasteiger partial charge in [-0.2, -0.15) is 5.26 Å². The summed E-state index contributed by atoms with van der Waals surface area (Å²) in [5, 5.41) is 10.2. The van der Waals surface area contributed by atoms with E-state index in [4.69, 9.17) is 5.26 Å². The Bertz CT molecular complexity index is 265. The molecular formula is C7H5FN2S. The number of halogens is 1. The van der Waals surface area contributed by atoms with Crippen molar-refractivity contribution < 1.29 is 4.48 Å². The summed E-state index contributed by atoms with van der Waals surface area (Å²) in [5.74, 6) is 0. The van der Waals surface area contributed by atoms with Gasteiger partial charge in [-0.1, -0.05) is 0 Å². The van der Waals surface area contributed by atoms with E-state index >= 15 is 0 Å². The van der Waals surface area contributed by atoms with Crippen LogP contribution in [0.2, 0.25) is 0 Å². The average molecular weight is 168 g/mol. The van der Waals surface area contributed by atoms with Crippen molar-refractivity contribution in [2.24, 2.45) is 0 Å². The molecule has 0 radical (unpaired) electrons. The van der Waals surface area contributed by atoms with Gasteiger partial charge in [-0.15, -0.1) is 4.48 Å². The van der Waals surface area contributed by atoms with E-state index in [2.05, 4.69) is 0 Å². The third-order valence-corrected chi connectivity index (χ3v) is 1.73. The molecule has 11 heavy (non-hydrogen) atoms. The predicted molar refractivity (Wildman–Crippen MR) is 42.6 cm³/mol. The van der Waals surface area contributed by atoms with Crippen molar-refractivity contribution in [1.29, 1.82) is 5.26 Å². The van der Waals surface area contributed by atoms with Crippen molar-refractivity contribution in [2.45, 2.75) is 4.90 Å². The van der Waals surface area contributed by atoms with Crippen molar-refractivity contribution in [2.75, 3.05) is 5.54 Å². The lowest BCUT2D eigenvalue weighted by atomic mass is 10.3. The quantitative estimate of drug-likeness (QED) is 0.419. The van der Waals surface area contributed by atoms with Gasteiger partial charge in [0.15, 0.2) is 0 Å². The first-order valence-electron chi connectivity index (χ1n) is 2.89. The van der Waals surface area contributed by atoms with Gasteiger partial charge in [0.2, 0.25) is 0 Å². The molecule has 1 N–H and O–H groups in total. The second kappa shape index (κ2) is 3.84. The molecule has 0 heterocycles. The van der Waals surface area contributed by atoms with Crippen LogP contribution in [0.3, 0.4) is 0 Å². The lowest BCUT2D eigenvalue weighted by Crippen LogP contribution is -1.79. The maximum Gasteiger partial charge on any atom is 0.138 e. The van der Waals surface area contributed by atoms with E-state index in [9.17, 15) is 4.48 Å². The van der Waals surface area contributed by atoms with E-state index in [0.29, 0.717) is 5.69 Å². The number of nitrogens with one attached hydrogen (secondary N) is 1. The minimum Gasteiger partial charge on any atom is -0.225 e. The van der Waals surface area contributed by atoms with E-state index < -0.39 is 0 Å². The van der Waals surface area contributed by atoms with Gasteiger partial charge in [-0.3, -0.25) is 0 Å². The third-order valence-electron chi connectivity index (χ3n) is 1.13.